The third kappa shape index (κ3) is 34.1. The van der Waals surface area contributed by atoms with Crippen LogP contribution in [-0.4, -0.2) is 50.5 Å². The maximum absolute atomic E-state index is 6.40. The molecule has 1 fully saturated rings. The maximum Gasteiger partial charge on any atom is 0.0820 e. The molecule has 0 spiro atoms. The van der Waals surface area contributed by atoms with Crippen molar-refractivity contribution >= 4 is 0 Å². The monoisotopic (exact) mass is 664 g/mol. The first kappa shape index (κ1) is 44.9. The van der Waals surface area contributed by atoms with Crippen LogP contribution in [0.3, 0.4) is 0 Å². The van der Waals surface area contributed by atoms with E-state index < -0.39 is 0 Å². The predicted octanol–water partition coefficient (Wildman–Crippen LogP) is 14.4. The minimum absolute atomic E-state index is 0.285. The van der Waals surface area contributed by atoms with E-state index in [0.717, 1.165) is 26.2 Å². The molecule has 47 heavy (non-hydrogen) atoms. The average Bonchev–Trinajstić information content (AvgIpc) is 3.61. The Morgan fingerprint density at radius 2 is 0.723 bits per heavy atom. The Kier molecular flexibility index (Phi) is 37.0. The van der Waals surface area contributed by atoms with Gasteiger partial charge in [-0.2, -0.15) is 0 Å². The van der Waals surface area contributed by atoms with Gasteiger partial charge in [0.1, 0.15) is 0 Å². The van der Waals surface area contributed by atoms with Gasteiger partial charge in [-0.25, -0.2) is 0 Å². The van der Waals surface area contributed by atoms with Crippen molar-refractivity contribution in [2.45, 2.75) is 245 Å². The molecule has 0 radical (unpaired) electrons. The summed E-state index contributed by atoms with van der Waals surface area (Å²) in [6, 6.07) is 0. The highest BCUT2D eigenvalue weighted by atomic mass is 16.5. The van der Waals surface area contributed by atoms with Crippen LogP contribution in [0.25, 0.3) is 0 Å². The second-order valence-electron chi connectivity index (χ2n) is 15.5. The molecule has 1 aliphatic rings. The number of unbranched alkanes of at least 4 members (excludes halogenated alkanes) is 30. The predicted molar refractivity (Wildman–Crippen MR) is 210 cm³/mol. The lowest BCUT2D eigenvalue weighted by atomic mass is 10.0. The van der Waals surface area contributed by atoms with Gasteiger partial charge in [0.2, 0.25) is 0 Å². The van der Waals surface area contributed by atoms with E-state index in [9.17, 15) is 0 Å². The van der Waals surface area contributed by atoms with Crippen molar-refractivity contribution < 1.29 is 9.47 Å². The van der Waals surface area contributed by atoms with Crippen LogP contribution in [0.2, 0.25) is 0 Å². The maximum atomic E-state index is 6.40. The number of rotatable bonds is 40. The van der Waals surface area contributed by atoms with Gasteiger partial charge in [-0.05, 0) is 45.2 Å². The van der Waals surface area contributed by atoms with Gasteiger partial charge < -0.3 is 14.4 Å². The molecule has 0 aromatic heterocycles. The fourth-order valence-corrected chi connectivity index (χ4v) is 7.41. The molecule has 1 saturated heterocycles. The Labute approximate surface area is 297 Å². The zero-order valence-electron chi connectivity index (χ0n) is 32.8. The minimum atomic E-state index is 0.285. The molecule has 3 heteroatoms. The van der Waals surface area contributed by atoms with Crippen LogP contribution < -0.4 is 0 Å². The lowest BCUT2D eigenvalue weighted by Crippen LogP contribution is -2.28. The van der Waals surface area contributed by atoms with Crippen molar-refractivity contribution in [2.24, 2.45) is 0 Å². The van der Waals surface area contributed by atoms with Crippen molar-refractivity contribution in [1.29, 1.82) is 0 Å². The average molecular weight is 664 g/mol. The molecule has 0 amide bonds. The number of nitrogens with zero attached hydrogens (tertiary/aromatic N) is 1. The van der Waals surface area contributed by atoms with Gasteiger partial charge in [0, 0.05) is 19.8 Å². The van der Waals surface area contributed by atoms with Gasteiger partial charge in [0.05, 0.1) is 12.7 Å². The summed E-state index contributed by atoms with van der Waals surface area (Å²) in [7, 11) is 0. The van der Waals surface area contributed by atoms with E-state index in [1.165, 1.54) is 238 Å². The number of hydrogen-bond donors (Lipinski definition) is 0. The number of hydrogen-bond acceptors (Lipinski definition) is 3. The summed E-state index contributed by atoms with van der Waals surface area (Å²) in [4.78, 5) is 2.63. The third-order valence-electron chi connectivity index (χ3n) is 10.8. The van der Waals surface area contributed by atoms with E-state index in [1.54, 1.807) is 0 Å². The standard InChI is InChI=1S/C44H89NO2/c1-3-5-7-9-11-13-15-17-19-21-23-25-27-29-31-35-41-46-43-44(37-40-45-38-33-34-39-45)47-42-36-32-30-28-26-24-22-20-18-16-14-12-10-8-6-4-2/h44H,3-43H2,1-2H3. The van der Waals surface area contributed by atoms with E-state index in [1.807, 2.05) is 0 Å². The number of likely N-dealkylation sites (tertiary alicyclic amines) is 1. The molecule has 282 valence electrons. The molecule has 0 bridgehead atoms. The number of ether oxygens (including phenoxy) is 2. The van der Waals surface area contributed by atoms with Crippen LogP contribution in [0.5, 0.6) is 0 Å². The van der Waals surface area contributed by atoms with Crippen LogP contribution in [0.1, 0.15) is 239 Å². The molecular weight excluding hydrogens is 574 g/mol. The molecule has 0 aliphatic carbocycles. The Hall–Kier alpha value is -0.120. The largest absolute Gasteiger partial charge is 0.379 e. The molecule has 3 nitrogen and oxygen atoms in total. The quantitative estimate of drug-likeness (QED) is 0.0609. The van der Waals surface area contributed by atoms with E-state index in [0.29, 0.717) is 0 Å². The normalized spacial score (nSPS) is 14.4. The fraction of sp³-hybridized carbons (Fsp3) is 1.00. The highest BCUT2D eigenvalue weighted by molar-refractivity contribution is 4.69. The van der Waals surface area contributed by atoms with Gasteiger partial charge in [0.25, 0.3) is 0 Å². The molecule has 0 N–H and O–H groups in total. The molecule has 1 heterocycles. The second-order valence-corrected chi connectivity index (χ2v) is 15.5. The van der Waals surface area contributed by atoms with Crippen molar-refractivity contribution in [1.82, 2.24) is 4.90 Å². The fourth-order valence-electron chi connectivity index (χ4n) is 7.41. The first-order valence-corrected chi connectivity index (χ1v) is 22.3. The van der Waals surface area contributed by atoms with Gasteiger partial charge in [-0.3, -0.25) is 0 Å². The van der Waals surface area contributed by atoms with Crippen molar-refractivity contribution in [3.63, 3.8) is 0 Å². The van der Waals surface area contributed by atoms with E-state index in [2.05, 4.69) is 18.7 Å². The third-order valence-corrected chi connectivity index (χ3v) is 10.8. The van der Waals surface area contributed by atoms with E-state index in [-0.39, 0.29) is 6.10 Å². The smallest absolute Gasteiger partial charge is 0.0820 e. The summed E-state index contributed by atoms with van der Waals surface area (Å²) >= 11 is 0. The van der Waals surface area contributed by atoms with Gasteiger partial charge >= 0.3 is 0 Å². The molecule has 0 saturated carbocycles. The van der Waals surface area contributed by atoms with Crippen LogP contribution in [0, 0.1) is 0 Å². The Balaban J connectivity index is 1.92. The highest BCUT2D eigenvalue weighted by Gasteiger charge is 2.15. The summed E-state index contributed by atoms with van der Waals surface area (Å²) in [5, 5.41) is 0. The molecule has 1 atom stereocenters. The molecule has 0 aromatic carbocycles. The van der Waals surface area contributed by atoms with Gasteiger partial charge in [-0.15, -0.1) is 0 Å². The summed E-state index contributed by atoms with van der Waals surface area (Å²) < 4.78 is 12.6. The first-order chi connectivity index (χ1) is 23.4. The van der Waals surface area contributed by atoms with Crippen LogP contribution in [0.4, 0.5) is 0 Å². The van der Waals surface area contributed by atoms with Crippen LogP contribution in [-0.2, 0) is 9.47 Å². The van der Waals surface area contributed by atoms with Crippen molar-refractivity contribution in [3.8, 4) is 0 Å². The molecule has 0 aromatic rings. The Bertz CT molecular complexity index is 563. The highest BCUT2D eigenvalue weighted by Crippen LogP contribution is 2.16. The summed E-state index contributed by atoms with van der Waals surface area (Å²) in [5.74, 6) is 0. The van der Waals surface area contributed by atoms with Crippen LogP contribution >= 0.6 is 0 Å². The zero-order valence-corrected chi connectivity index (χ0v) is 32.8. The summed E-state index contributed by atoms with van der Waals surface area (Å²) in [6.07, 6.45) is 49.6. The van der Waals surface area contributed by atoms with E-state index >= 15 is 0 Å². The second kappa shape index (κ2) is 38.7. The lowest BCUT2D eigenvalue weighted by molar-refractivity contribution is -0.0255. The first-order valence-electron chi connectivity index (χ1n) is 22.3. The Morgan fingerprint density at radius 3 is 1.09 bits per heavy atom. The topological polar surface area (TPSA) is 21.7 Å². The van der Waals surface area contributed by atoms with Crippen molar-refractivity contribution in [3.05, 3.63) is 0 Å². The SMILES string of the molecule is CCCCCCCCCCCCCCCCCCOCC(CCN1CCCC1)OCCCCCCCCCCCCCCCCCC. The summed E-state index contributed by atoms with van der Waals surface area (Å²) in [6.45, 7) is 11.0. The molecular formula is C44H89NO2. The summed E-state index contributed by atoms with van der Waals surface area (Å²) in [5.41, 5.74) is 0. The van der Waals surface area contributed by atoms with Crippen LogP contribution in [0.15, 0.2) is 0 Å². The van der Waals surface area contributed by atoms with Gasteiger partial charge in [-0.1, -0.05) is 206 Å². The Morgan fingerprint density at radius 1 is 0.404 bits per heavy atom. The molecule has 1 aliphatic heterocycles. The zero-order chi connectivity index (χ0) is 33.6. The van der Waals surface area contributed by atoms with Crippen molar-refractivity contribution in [2.75, 3.05) is 39.5 Å². The molecule has 1 rings (SSSR count). The lowest BCUT2D eigenvalue weighted by Gasteiger charge is -2.22. The van der Waals surface area contributed by atoms with E-state index in [4.69, 9.17) is 9.47 Å². The molecule has 1 unspecified atom stereocenters. The van der Waals surface area contributed by atoms with Gasteiger partial charge in [0.15, 0.2) is 0 Å². The minimum Gasteiger partial charge on any atom is -0.379 e.